The maximum Gasteiger partial charge on any atom is 0.233 e. The molecule has 2 aromatic rings. The van der Waals surface area contributed by atoms with Crippen LogP contribution in [0.25, 0.3) is 0 Å². The largest absolute Gasteiger partial charge is 0.495 e. The van der Waals surface area contributed by atoms with Gasteiger partial charge in [0, 0.05) is 26.2 Å². The number of amides is 1. The molecule has 8 nitrogen and oxygen atoms in total. The number of carbonyl (C=O) groups is 1. The minimum absolute atomic E-state index is 0.0883. The molecule has 2 heterocycles. The Balaban J connectivity index is 1.53. The van der Waals surface area contributed by atoms with E-state index in [0.29, 0.717) is 29.8 Å². The quantitative estimate of drug-likeness (QED) is 0.620. The van der Waals surface area contributed by atoms with E-state index >= 15 is 0 Å². The molecule has 0 saturated carbocycles. The Labute approximate surface area is 150 Å². The molecular weight excluding hydrogens is 340 g/mol. The zero-order chi connectivity index (χ0) is 17.8. The molecule has 1 fully saturated rings. The zero-order valence-electron chi connectivity index (χ0n) is 14.4. The number of anilines is 1. The number of para-hydroxylation sites is 2. The predicted octanol–water partition coefficient (Wildman–Crippen LogP) is 0.750. The molecule has 0 radical (unpaired) electrons. The first-order chi connectivity index (χ1) is 12.1. The van der Waals surface area contributed by atoms with Crippen molar-refractivity contribution in [2.75, 3.05) is 49.8 Å². The number of thioether (sulfide) groups is 1. The Morgan fingerprint density at radius 3 is 2.60 bits per heavy atom. The molecule has 1 amide bonds. The lowest BCUT2D eigenvalue weighted by molar-refractivity contribution is -0.128. The molecule has 0 atom stereocenters. The number of hydrogen-bond acceptors (Lipinski definition) is 7. The number of carbonyl (C=O) groups excluding carboxylic acids is 1. The molecule has 1 saturated heterocycles. The van der Waals surface area contributed by atoms with E-state index in [2.05, 4.69) is 15.1 Å². The average Bonchev–Trinajstić information content (AvgIpc) is 2.98. The van der Waals surface area contributed by atoms with E-state index in [9.17, 15) is 4.79 Å². The Morgan fingerprint density at radius 2 is 1.96 bits per heavy atom. The molecule has 0 unspecified atom stereocenters. The summed E-state index contributed by atoms with van der Waals surface area (Å²) in [5, 5.41) is 8.41. The molecule has 25 heavy (non-hydrogen) atoms. The second-order valence-electron chi connectivity index (χ2n) is 5.73. The smallest absolute Gasteiger partial charge is 0.233 e. The first-order valence-electron chi connectivity index (χ1n) is 8.05. The summed E-state index contributed by atoms with van der Waals surface area (Å²) in [4.78, 5) is 16.5. The van der Waals surface area contributed by atoms with Crippen LogP contribution in [-0.4, -0.2) is 64.7 Å². The van der Waals surface area contributed by atoms with E-state index in [-0.39, 0.29) is 5.91 Å². The molecule has 2 N–H and O–H groups in total. The van der Waals surface area contributed by atoms with Crippen LogP contribution in [0.5, 0.6) is 5.75 Å². The van der Waals surface area contributed by atoms with Gasteiger partial charge in [-0.25, -0.2) is 4.68 Å². The highest BCUT2D eigenvalue weighted by Crippen LogP contribution is 2.28. The number of piperazine rings is 1. The number of methoxy groups -OCH3 is 1. The van der Waals surface area contributed by atoms with E-state index in [1.165, 1.54) is 16.4 Å². The number of nitrogens with two attached hydrogens (primary N) is 1. The Bertz CT molecular complexity index is 742. The van der Waals surface area contributed by atoms with Crippen LogP contribution in [0, 0.1) is 6.92 Å². The van der Waals surface area contributed by atoms with E-state index in [1.807, 2.05) is 29.2 Å². The summed E-state index contributed by atoms with van der Waals surface area (Å²) < 4.78 is 6.82. The third kappa shape index (κ3) is 3.81. The number of nitrogens with zero attached hydrogens (tertiary/aromatic N) is 5. The predicted molar refractivity (Wildman–Crippen MR) is 97.4 cm³/mol. The maximum atomic E-state index is 12.4. The minimum atomic E-state index is 0.0883. The lowest BCUT2D eigenvalue weighted by atomic mass is 10.2. The summed E-state index contributed by atoms with van der Waals surface area (Å²) in [5.41, 5.74) is 1.07. The molecule has 1 aliphatic rings. The first-order valence-corrected chi connectivity index (χ1v) is 9.04. The van der Waals surface area contributed by atoms with Gasteiger partial charge >= 0.3 is 0 Å². The van der Waals surface area contributed by atoms with E-state index in [1.54, 1.807) is 14.0 Å². The number of rotatable bonds is 5. The van der Waals surface area contributed by atoms with Crippen LogP contribution in [-0.2, 0) is 4.79 Å². The van der Waals surface area contributed by atoms with Crippen molar-refractivity contribution in [3.05, 3.63) is 30.1 Å². The van der Waals surface area contributed by atoms with Gasteiger partial charge in [-0.05, 0) is 19.1 Å². The van der Waals surface area contributed by atoms with Gasteiger partial charge in [-0.1, -0.05) is 23.9 Å². The van der Waals surface area contributed by atoms with E-state index < -0.39 is 0 Å². The summed E-state index contributed by atoms with van der Waals surface area (Å²) in [6.07, 6.45) is 0. The third-order valence-corrected chi connectivity index (χ3v) is 5.15. The molecule has 9 heteroatoms. The fraction of sp³-hybridized carbons (Fsp3) is 0.438. The van der Waals surface area contributed by atoms with Crippen LogP contribution >= 0.6 is 11.8 Å². The number of benzene rings is 1. The van der Waals surface area contributed by atoms with Crippen molar-refractivity contribution in [2.45, 2.75) is 12.1 Å². The lowest BCUT2D eigenvalue weighted by Crippen LogP contribution is -2.49. The lowest BCUT2D eigenvalue weighted by Gasteiger charge is -2.36. The first kappa shape index (κ1) is 17.4. The number of aromatic nitrogens is 3. The molecule has 0 aliphatic carbocycles. The van der Waals surface area contributed by atoms with Crippen molar-refractivity contribution < 1.29 is 9.53 Å². The van der Waals surface area contributed by atoms with Gasteiger partial charge in [-0.3, -0.25) is 4.79 Å². The highest BCUT2D eigenvalue weighted by molar-refractivity contribution is 7.99. The van der Waals surface area contributed by atoms with Gasteiger partial charge in [-0.2, -0.15) is 0 Å². The van der Waals surface area contributed by atoms with Gasteiger partial charge in [0.25, 0.3) is 0 Å². The molecule has 1 aliphatic heterocycles. The normalized spacial score (nSPS) is 14.6. The SMILES string of the molecule is COc1ccccc1N1CCN(C(=O)CSc2nnc(C)n2N)CC1. The van der Waals surface area contributed by atoms with Gasteiger partial charge in [0.1, 0.15) is 11.6 Å². The van der Waals surface area contributed by atoms with Crippen molar-refractivity contribution in [3.63, 3.8) is 0 Å². The zero-order valence-corrected chi connectivity index (χ0v) is 15.2. The van der Waals surface area contributed by atoms with Crippen molar-refractivity contribution in [1.82, 2.24) is 19.8 Å². The van der Waals surface area contributed by atoms with Gasteiger partial charge in [0.05, 0.1) is 18.6 Å². The molecule has 3 rings (SSSR count). The van der Waals surface area contributed by atoms with Gasteiger partial charge in [0.2, 0.25) is 11.1 Å². The third-order valence-electron chi connectivity index (χ3n) is 4.22. The second kappa shape index (κ2) is 7.64. The highest BCUT2D eigenvalue weighted by atomic mass is 32.2. The van der Waals surface area contributed by atoms with E-state index in [4.69, 9.17) is 10.6 Å². The monoisotopic (exact) mass is 362 g/mol. The van der Waals surface area contributed by atoms with Crippen molar-refractivity contribution in [1.29, 1.82) is 0 Å². The van der Waals surface area contributed by atoms with Crippen molar-refractivity contribution in [2.24, 2.45) is 0 Å². The number of ether oxygens (including phenoxy) is 1. The molecule has 1 aromatic carbocycles. The maximum absolute atomic E-state index is 12.4. The van der Waals surface area contributed by atoms with Crippen LogP contribution < -0.4 is 15.5 Å². The topological polar surface area (TPSA) is 89.5 Å². The molecule has 134 valence electrons. The van der Waals surface area contributed by atoms with Crippen LogP contribution in [0.4, 0.5) is 5.69 Å². The Hall–Kier alpha value is -2.42. The van der Waals surface area contributed by atoms with Gasteiger partial charge in [0.15, 0.2) is 0 Å². The summed E-state index contributed by atoms with van der Waals surface area (Å²) >= 11 is 1.31. The summed E-state index contributed by atoms with van der Waals surface area (Å²) in [6.45, 7) is 4.71. The minimum Gasteiger partial charge on any atom is -0.495 e. The summed E-state index contributed by atoms with van der Waals surface area (Å²) in [5.74, 6) is 7.68. The van der Waals surface area contributed by atoms with Gasteiger partial charge < -0.3 is 20.4 Å². The van der Waals surface area contributed by atoms with Crippen LogP contribution in [0.15, 0.2) is 29.4 Å². The number of aryl methyl sites for hydroxylation is 1. The summed E-state index contributed by atoms with van der Waals surface area (Å²) in [7, 11) is 1.67. The molecular formula is C16H22N6O2S. The Kier molecular flexibility index (Phi) is 5.32. The van der Waals surface area contributed by atoms with Gasteiger partial charge in [-0.15, -0.1) is 10.2 Å². The second-order valence-corrected chi connectivity index (χ2v) is 6.67. The van der Waals surface area contributed by atoms with Crippen LogP contribution in [0.2, 0.25) is 0 Å². The fourth-order valence-electron chi connectivity index (χ4n) is 2.75. The standard InChI is InChI=1S/C16H22N6O2S/c1-12-18-19-16(22(12)17)25-11-15(23)21-9-7-20(8-10-21)13-5-3-4-6-14(13)24-2/h3-6H,7-11,17H2,1-2H3. The number of hydrogen-bond donors (Lipinski definition) is 1. The molecule has 0 bridgehead atoms. The number of nitrogen functional groups attached to an aromatic ring is 1. The average molecular weight is 362 g/mol. The van der Waals surface area contributed by atoms with E-state index in [0.717, 1.165) is 24.5 Å². The summed E-state index contributed by atoms with van der Waals surface area (Å²) in [6, 6.07) is 7.95. The fourth-order valence-corrected chi connectivity index (χ4v) is 3.56. The highest BCUT2D eigenvalue weighted by Gasteiger charge is 2.23. The van der Waals surface area contributed by atoms with Crippen molar-refractivity contribution >= 4 is 23.4 Å². The molecule has 0 spiro atoms. The van der Waals surface area contributed by atoms with Crippen molar-refractivity contribution in [3.8, 4) is 5.75 Å². The Morgan fingerprint density at radius 1 is 1.24 bits per heavy atom. The van der Waals surface area contributed by atoms with Crippen LogP contribution in [0.3, 0.4) is 0 Å². The molecule has 1 aromatic heterocycles. The van der Waals surface area contributed by atoms with Crippen LogP contribution in [0.1, 0.15) is 5.82 Å².